The van der Waals surface area contributed by atoms with Gasteiger partial charge < -0.3 is 14.2 Å². The summed E-state index contributed by atoms with van der Waals surface area (Å²) in [5, 5.41) is 6.58. The molecule has 36 heavy (non-hydrogen) atoms. The third-order valence-corrected chi connectivity index (χ3v) is 6.20. The third kappa shape index (κ3) is 4.38. The molecule has 1 N–H and O–H groups in total. The summed E-state index contributed by atoms with van der Waals surface area (Å²) >= 11 is 0. The summed E-state index contributed by atoms with van der Waals surface area (Å²) in [5.41, 5.74) is 0.0747. The van der Waals surface area contributed by atoms with Crippen LogP contribution in [0.15, 0.2) is 36.7 Å². The zero-order chi connectivity index (χ0) is 25.7. The van der Waals surface area contributed by atoms with Crippen molar-refractivity contribution in [2.24, 2.45) is 0 Å². The summed E-state index contributed by atoms with van der Waals surface area (Å²) in [6.45, 7) is 2.73. The standard InChI is InChI=1S/C23H20F6N6O/c1-13-14(3-2-4-17(13)22(24,25)26)11-35-18-10-15(34-5-7-36-8-6-34)9-16(20-30-12-31-33-20)19(18)32-21(35)23(27,28)29/h2-4,9-10,12H,5-8,11H2,1H3,(H,30,31,33). The van der Waals surface area contributed by atoms with Crippen LogP contribution in [0, 0.1) is 6.92 Å². The summed E-state index contributed by atoms with van der Waals surface area (Å²) in [6, 6.07) is 6.73. The maximum atomic E-state index is 14.2. The normalized spacial score (nSPS) is 15.1. The number of nitrogens with one attached hydrogen (secondary N) is 1. The molecule has 0 amide bonds. The minimum absolute atomic E-state index is 0.00330. The lowest BCUT2D eigenvalue weighted by molar-refractivity contribution is -0.146. The number of imidazole rings is 1. The fourth-order valence-corrected chi connectivity index (χ4v) is 4.43. The number of hydrogen-bond donors (Lipinski definition) is 1. The van der Waals surface area contributed by atoms with E-state index in [1.54, 1.807) is 12.1 Å². The molecule has 0 unspecified atom stereocenters. The Morgan fingerprint density at radius 2 is 1.78 bits per heavy atom. The first-order chi connectivity index (χ1) is 17.0. The Bertz CT molecular complexity index is 1390. The maximum Gasteiger partial charge on any atom is 0.449 e. The minimum atomic E-state index is -4.86. The van der Waals surface area contributed by atoms with E-state index in [-0.39, 0.29) is 33.5 Å². The Morgan fingerprint density at radius 1 is 1.03 bits per heavy atom. The van der Waals surface area contributed by atoms with Gasteiger partial charge in [0.25, 0.3) is 0 Å². The topological polar surface area (TPSA) is 71.9 Å². The fraction of sp³-hybridized carbons (Fsp3) is 0.348. The first-order valence-electron chi connectivity index (χ1n) is 11.0. The number of H-pyrrole nitrogens is 1. The number of aromatic nitrogens is 5. The Morgan fingerprint density at radius 3 is 2.42 bits per heavy atom. The second-order valence-corrected chi connectivity index (χ2v) is 8.39. The smallest absolute Gasteiger partial charge is 0.378 e. The van der Waals surface area contributed by atoms with Gasteiger partial charge in [0.15, 0.2) is 5.82 Å². The zero-order valence-electron chi connectivity index (χ0n) is 18.9. The van der Waals surface area contributed by atoms with E-state index in [2.05, 4.69) is 20.2 Å². The molecule has 0 bridgehead atoms. The highest BCUT2D eigenvalue weighted by molar-refractivity contribution is 5.94. The van der Waals surface area contributed by atoms with E-state index in [1.165, 1.54) is 25.4 Å². The van der Waals surface area contributed by atoms with E-state index in [9.17, 15) is 26.3 Å². The monoisotopic (exact) mass is 510 g/mol. The number of ether oxygens (including phenoxy) is 1. The number of aromatic amines is 1. The molecule has 0 spiro atoms. The van der Waals surface area contributed by atoms with Crippen molar-refractivity contribution in [1.29, 1.82) is 0 Å². The lowest BCUT2D eigenvalue weighted by Crippen LogP contribution is -2.36. The number of hydrogen-bond acceptors (Lipinski definition) is 5. The summed E-state index contributed by atoms with van der Waals surface area (Å²) in [5.74, 6) is -1.06. The molecule has 2 aromatic heterocycles. The molecule has 0 atom stereocenters. The van der Waals surface area contributed by atoms with Crippen LogP contribution >= 0.6 is 0 Å². The van der Waals surface area contributed by atoms with Crippen LogP contribution in [0.5, 0.6) is 0 Å². The van der Waals surface area contributed by atoms with E-state index >= 15 is 0 Å². The molecule has 1 fully saturated rings. The molecule has 1 aliphatic rings. The van der Waals surface area contributed by atoms with Crippen LogP contribution in [0.1, 0.15) is 22.5 Å². The molecule has 0 aliphatic carbocycles. The van der Waals surface area contributed by atoms with E-state index in [4.69, 9.17) is 4.74 Å². The van der Waals surface area contributed by atoms with Crippen molar-refractivity contribution in [3.8, 4) is 11.4 Å². The van der Waals surface area contributed by atoms with Crippen LogP contribution in [0.25, 0.3) is 22.4 Å². The predicted octanol–water partition coefficient (Wildman–Crippen LogP) is 5.05. The molecule has 0 saturated carbocycles. The number of alkyl halides is 6. The van der Waals surface area contributed by atoms with Gasteiger partial charge >= 0.3 is 12.4 Å². The quantitative estimate of drug-likeness (QED) is 0.389. The number of anilines is 1. The Balaban J connectivity index is 1.74. The van der Waals surface area contributed by atoms with Crippen LogP contribution in [-0.4, -0.2) is 51.0 Å². The average molecular weight is 510 g/mol. The van der Waals surface area contributed by atoms with Crippen molar-refractivity contribution < 1.29 is 31.1 Å². The number of halogens is 6. The van der Waals surface area contributed by atoms with E-state index in [0.717, 1.165) is 10.6 Å². The molecule has 1 aliphatic heterocycles. The number of rotatable bonds is 4. The summed E-state index contributed by atoms with van der Waals surface area (Å²) in [7, 11) is 0. The van der Waals surface area contributed by atoms with Gasteiger partial charge in [-0.25, -0.2) is 9.97 Å². The van der Waals surface area contributed by atoms with Crippen LogP contribution in [0.4, 0.5) is 32.0 Å². The van der Waals surface area contributed by atoms with Gasteiger partial charge in [-0.1, -0.05) is 12.1 Å². The number of benzene rings is 2. The van der Waals surface area contributed by atoms with Crippen molar-refractivity contribution in [3.05, 3.63) is 59.2 Å². The van der Waals surface area contributed by atoms with Crippen molar-refractivity contribution in [2.45, 2.75) is 25.8 Å². The highest BCUT2D eigenvalue weighted by Gasteiger charge is 2.39. The average Bonchev–Trinajstić information content (AvgIpc) is 3.48. The molecule has 7 nitrogen and oxygen atoms in total. The largest absolute Gasteiger partial charge is 0.449 e. The molecule has 13 heteroatoms. The van der Waals surface area contributed by atoms with E-state index < -0.39 is 30.3 Å². The Kier molecular flexibility index (Phi) is 5.89. The number of nitrogens with zero attached hydrogens (tertiary/aromatic N) is 5. The van der Waals surface area contributed by atoms with Gasteiger partial charge in [-0.3, -0.25) is 5.10 Å². The van der Waals surface area contributed by atoms with Gasteiger partial charge in [0.1, 0.15) is 11.8 Å². The van der Waals surface area contributed by atoms with Crippen molar-refractivity contribution in [1.82, 2.24) is 24.7 Å². The van der Waals surface area contributed by atoms with Crippen LogP contribution in [0.3, 0.4) is 0 Å². The maximum absolute atomic E-state index is 14.2. The summed E-state index contributed by atoms with van der Waals surface area (Å²) < 4.78 is 89.2. The number of fused-ring (bicyclic) bond motifs is 1. The Labute approximate surface area is 200 Å². The molecular weight excluding hydrogens is 490 g/mol. The lowest BCUT2D eigenvalue weighted by Gasteiger charge is -2.29. The van der Waals surface area contributed by atoms with Gasteiger partial charge in [-0.2, -0.15) is 31.4 Å². The molecule has 2 aromatic carbocycles. The van der Waals surface area contributed by atoms with Gasteiger partial charge in [0.2, 0.25) is 5.82 Å². The highest BCUT2D eigenvalue weighted by atomic mass is 19.4. The molecule has 5 rings (SSSR count). The highest BCUT2D eigenvalue weighted by Crippen LogP contribution is 2.39. The molecule has 190 valence electrons. The molecule has 1 saturated heterocycles. The number of morpholine rings is 1. The van der Waals surface area contributed by atoms with E-state index in [0.29, 0.717) is 32.0 Å². The molecule has 4 aromatic rings. The summed E-state index contributed by atoms with van der Waals surface area (Å²) in [6.07, 6.45) is -8.19. The second-order valence-electron chi connectivity index (χ2n) is 8.39. The molecule has 0 radical (unpaired) electrons. The Hall–Kier alpha value is -3.61. The minimum Gasteiger partial charge on any atom is -0.378 e. The van der Waals surface area contributed by atoms with Gasteiger partial charge in [-0.15, -0.1) is 0 Å². The third-order valence-electron chi connectivity index (χ3n) is 6.20. The van der Waals surface area contributed by atoms with Crippen LogP contribution in [0.2, 0.25) is 0 Å². The van der Waals surface area contributed by atoms with Crippen molar-refractivity contribution >= 4 is 16.7 Å². The van der Waals surface area contributed by atoms with Gasteiger partial charge in [-0.05, 0) is 36.2 Å². The first kappa shape index (κ1) is 24.1. The van der Waals surface area contributed by atoms with Crippen LogP contribution < -0.4 is 4.90 Å². The predicted molar refractivity (Wildman–Crippen MR) is 118 cm³/mol. The second kappa shape index (κ2) is 8.80. The molecule has 3 heterocycles. The zero-order valence-corrected chi connectivity index (χ0v) is 18.9. The lowest BCUT2D eigenvalue weighted by atomic mass is 10.0. The van der Waals surface area contributed by atoms with Crippen molar-refractivity contribution in [3.63, 3.8) is 0 Å². The summed E-state index contributed by atoms with van der Waals surface area (Å²) in [4.78, 5) is 9.95. The first-order valence-corrected chi connectivity index (χ1v) is 11.0. The van der Waals surface area contributed by atoms with Crippen LogP contribution in [-0.2, 0) is 23.6 Å². The van der Waals surface area contributed by atoms with Crippen molar-refractivity contribution in [2.75, 3.05) is 31.2 Å². The van der Waals surface area contributed by atoms with Gasteiger partial charge in [0, 0.05) is 25.3 Å². The van der Waals surface area contributed by atoms with Gasteiger partial charge in [0.05, 0.1) is 29.9 Å². The van der Waals surface area contributed by atoms with E-state index in [1.807, 2.05) is 4.90 Å². The molecular formula is C23H20F6N6O. The SMILES string of the molecule is Cc1c(Cn2c(C(F)(F)F)nc3c(-c4nc[nH]n4)cc(N4CCOCC4)cc32)cccc1C(F)(F)F. The fourth-order valence-electron chi connectivity index (χ4n) is 4.43.